The number of amides is 1. The largest absolute Gasteiger partial charge is 0.468 e. The Kier molecular flexibility index (Phi) is 5.17. The van der Waals surface area contributed by atoms with Gasteiger partial charge in [0.2, 0.25) is 5.91 Å². The van der Waals surface area contributed by atoms with Gasteiger partial charge in [-0.2, -0.15) is 5.26 Å². The van der Waals surface area contributed by atoms with Gasteiger partial charge in [-0.05, 0) is 44.2 Å². The molecule has 2 aliphatic rings. The van der Waals surface area contributed by atoms with Gasteiger partial charge in [-0.25, -0.2) is 0 Å². The number of likely N-dealkylation sites (tertiary alicyclic amines) is 1. The fraction of sp³-hybridized carbons (Fsp3) is 0.588. The monoisotopic (exact) mass is 347 g/mol. The van der Waals surface area contributed by atoms with Gasteiger partial charge in [-0.1, -0.05) is 0 Å². The van der Waals surface area contributed by atoms with E-state index in [1.807, 2.05) is 4.90 Å². The van der Waals surface area contributed by atoms with Gasteiger partial charge in [-0.15, -0.1) is 11.3 Å². The number of rotatable bonds is 5. The van der Waals surface area contributed by atoms with E-state index in [-0.39, 0.29) is 17.9 Å². The van der Waals surface area contributed by atoms with E-state index in [9.17, 15) is 14.9 Å². The highest BCUT2D eigenvalue weighted by Gasteiger charge is 2.31. The molecule has 6 nitrogen and oxygen atoms in total. The number of methoxy groups -OCH3 is 1. The summed E-state index contributed by atoms with van der Waals surface area (Å²) in [5, 5.41) is 12.9. The molecule has 0 radical (unpaired) electrons. The number of hydrogen-bond acceptors (Lipinski definition) is 6. The fourth-order valence-corrected chi connectivity index (χ4v) is 4.80. The molecule has 128 valence electrons. The third-order valence-electron chi connectivity index (χ3n) is 4.75. The molecule has 0 aromatic carbocycles. The van der Waals surface area contributed by atoms with Gasteiger partial charge >= 0.3 is 5.97 Å². The van der Waals surface area contributed by atoms with E-state index in [0.717, 1.165) is 44.2 Å². The second-order valence-corrected chi connectivity index (χ2v) is 7.29. The summed E-state index contributed by atoms with van der Waals surface area (Å²) in [6.45, 7) is 1.34. The molecule has 1 N–H and O–H groups in total. The molecule has 0 spiro atoms. The molecule has 1 aromatic heterocycles. The van der Waals surface area contributed by atoms with Crippen molar-refractivity contribution in [2.24, 2.45) is 0 Å². The molecule has 1 unspecified atom stereocenters. The summed E-state index contributed by atoms with van der Waals surface area (Å²) in [5.74, 6) is -0.337. The van der Waals surface area contributed by atoms with Crippen molar-refractivity contribution >= 4 is 28.2 Å². The van der Waals surface area contributed by atoms with E-state index in [1.165, 1.54) is 23.3 Å². The first-order valence-corrected chi connectivity index (χ1v) is 9.12. The number of carbonyl (C=O) groups excluding carboxylic acids is 2. The van der Waals surface area contributed by atoms with Crippen LogP contribution < -0.4 is 5.32 Å². The van der Waals surface area contributed by atoms with Gasteiger partial charge in [0.15, 0.2) is 0 Å². The first-order valence-electron chi connectivity index (χ1n) is 8.30. The molecule has 0 bridgehead atoms. The lowest BCUT2D eigenvalue weighted by Crippen LogP contribution is -2.38. The number of aryl methyl sites for hydroxylation is 1. The number of hydrogen-bond donors (Lipinski definition) is 1. The van der Waals surface area contributed by atoms with Crippen LogP contribution in [-0.2, 0) is 27.2 Å². The van der Waals surface area contributed by atoms with E-state index in [0.29, 0.717) is 23.5 Å². The minimum absolute atomic E-state index is 0.109. The number of carbonyl (C=O) groups is 2. The topological polar surface area (TPSA) is 82.4 Å². The molecule has 1 aliphatic carbocycles. The van der Waals surface area contributed by atoms with E-state index in [2.05, 4.69) is 11.4 Å². The fourth-order valence-electron chi connectivity index (χ4n) is 3.54. The highest BCUT2D eigenvalue weighted by molar-refractivity contribution is 7.16. The molecule has 3 rings (SSSR count). The number of nitriles is 1. The van der Waals surface area contributed by atoms with Crippen LogP contribution in [0, 0.1) is 11.3 Å². The van der Waals surface area contributed by atoms with Gasteiger partial charge in [0.1, 0.15) is 17.1 Å². The third-order valence-corrected chi connectivity index (χ3v) is 5.96. The molecule has 1 amide bonds. The van der Waals surface area contributed by atoms with Crippen molar-refractivity contribution < 1.29 is 14.3 Å². The highest BCUT2D eigenvalue weighted by Crippen LogP contribution is 2.38. The summed E-state index contributed by atoms with van der Waals surface area (Å²) in [6.07, 6.45) is 5.05. The second-order valence-electron chi connectivity index (χ2n) is 6.19. The zero-order valence-corrected chi connectivity index (χ0v) is 14.6. The van der Waals surface area contributed by atoms with Crippen LogP contribution in [0.2, 0.25) is 0 Å². The maximum atomic E-state index is 12.3. The molecule has 1 aliphatic heterocycles. The van der Waals surface area contributed by atoms with Gasteiger partial charge in [0, 0.05) is 17.8 Å². The van der Waals surface area contributed by atoms with E-state index < -0.39 is 0 Å². The summed E-state index contributed by atoms with van der Waals surface area (Å²) < 4.78 is 4.82. The smallest absolute Gasteiger partial charge is 0.323 e. The van der Waals surface area contributed by atoms with E-state index in [1.54, 1.807) is 0 Å². The zero-order valence-electron chi connectivity index (χ0n) is 13.8. The molecule has 24 heavy (non-hydrogen) atoms. The Morgan fingerprint density at radius 2 is 2.25 bits per heavy atom. The standard InChI is InChI=1S/C17H21N3O3S/c1-23-17(22)13-5-3-8-20(13)9-7-15(21)19-16-12(10-18)11-4-2-6-14(11)24-16/h13H,2-9H2,1H3,(H,19,21). The van der Waals surface area contributed by atoms with Crippen molar-refractivity contribution in [2.75, 3.05) is 25.5 Å². The molecule has 0 saturated carbocycles. The predicted octanol–water partition coefficient (Wildman–Crippen LogP) is 2.07. The van der Waals surface area contributed by atoms with Crippen LogP contribution in [0.25, 0.3) is 0 Å². The lowest BCUT2D eigenvalue weighted by Gasteiger charge is -2.21. The van der Waals surface area contributed by atoms with Gasteiger partial charge in [-0.3, -0.25) is 14.5 Å². The van der Waals surface area contributed by atoms with Crippen molar-refractivity contribution in [2.45, 2.75) is 44.6 Å². The number of fused-ring (bicyclic) bond motifs is 1. The lowest BCUT2D eigenvalue weighted by atomic mass is 10.1. The summed E-state index contributed by atoms with van der Waals surface area (Å²) in [6, 6.07) is 2.00. The summed E-state index contributed by atoms with van der Waals surface area (Å²) in [5.41, 5.74) is 1.75. The Hall–Kier alpha value is -1.91. The van der Waals surface area contributed by atoms with E-state index >= 15 is 0 Å². The Balaban J connectivity index is 1.57. The number of ether oxygens (including phenoxy) is 1. The molecule has 1 aromatic rings. The van der Waals surface area contributed by atoms with E-state index in [4.69, 9.17) is 4.74 Å². The summed E-state index contributed by atoms with van der Waals surface area (Å²) >= 11 is 1.53. The first kappa shape index (κ1) is 16.9. The van der Waals surface area contributed by atoms with Crippen molar-refractivity contribution in [1.29, 1.82) is 5.26 Å². The minimum atomic E-state index is -0.233. The normalized spacial score (nSPS) is 19.8. The molecule has 2 heterocycles. The van der Waals surface area contributed by atoms with Crippen LogP contribution in [0.4, 0.5) is 5.00 Å². The summed E-state index contributed by atoms with van der Waals surface area (Å²) in [4.78, 5) is 27.2. The van der Waals surface area contributed by atoms with Crippen molar-refractivity contribution in [3.63, 3.8) is 0 Å². The highest BCUT2D eigenvalue weighted by atomic mass is 32.1. The average Bonchev–Trinajstić information content (AvgIpc) is 3.27. The molecular formula is C17H21N3O3S. The van der Waals surface area contributed by atoms with Crippen LogP contribution in [0.3, 0.4) is 0 Å². The van der Waals surface area contributed by atoms with Crippen molar-refractivity contribution in [1.82, 2.24) is 4.90 Å². The molecule has 7 heteroatoms. The van der Waals surface area contributed by atoms with Crippen LogP contribution in [-0.4, -0.2) is 43.0 Å². The quantitative estimate of drug-likeness (QED) is 0.825. The average molecular weight is 347 g/mol. The Labute approximate surface area is 145 Å². The Morgan fingerprint density at radius 3 is 3.00 bits per heavy atom. The molecule has 1 fully saturated rings. The predicted molar refractivity (Wildman–Crippen MR) is 90.9 cm³/mol. The SMILES string of the molecule is COC(=O)C1CCCN1CCC(=O)Nc1sc2c(c1C#N)CCC2. The number of esters is 1. The number of anilines is 1. The number of nitrogens with zero attached hydrogens (tertiary/aromatic N) is 2. The number of thiophene rings is 1. The van der Waals surface area contributed by atoms with Crippen LogP contribution in [0.15, 0.2) is 0 Å². The second kappa shape index (κ2) is 7.32. The minimum Gasteiger partial charge on any atom is -0.468 e. The first-order chi connectivity index (χ1) is 11.6. The Morgan fingerprint density at radius 1 is 1.42 bits per heavy atom. The third kappa shape index (κ3) is 3.30. The lowest BCUT2D eigenvalue weighted by molar-refractivity contribution is -0.146. The summed E-state index contributed by atoms with van der Waals surface area (Å²) in [7, 11) is 1.39. The van der Waals surface area contributed by atoms with Crippen LogP contribution in [0.1, 0.15) is 41.7 Å². The molecular weight excluding hydrogens is 326 g/mol. The van der Waals surface area contributed by atoms with Gasteiger partial charge < -0.3 is 10.1 Å². The maximum absolute atomic E-state index is 12.3. The van der Waals surface area contributed by atoms with Gasteiger partial charge in [0.05, 0.1) is 12.7 Å². The van der Waals surface area contributed by atoms with Crippen LogP contribution >= 0.6 is 11.3 Å². The van der Waals surface area contributed by atoms with Crippen molar-refractivity contribution in [3.05, 3.63) is 16.0 Å². The molecule has 1 saturated heterocycles. The van der Waals surface area contributed by atoms with Crippen molar-refractivity contribution in [3.8, 4) is 6.07 Å². The molecule has 1 atom stereocenters. The van der Waals surface area contributed by atoms with Crippen LogP contribution in [0.5, 0.6) is 0 Å². The Bertz CT molecular complexity index is 692. The van der Waals surface area contributed by atoms with Gasteiger partial charge in [0.25, 0.3) is 0 Å². The number of nitrogens with one attached hydrogen (secondary N) is 1. The zero-order chi connectivity index (χ0) is 17.1. The maximum Gasteiger partial charge on any atom is 0.323 e.